The second kappa shape index (κ2) is 5.74. The summed E-state index contributed by atoms with van der Waals surface area (Å²) >= 11 is 0. The fourth-order valence-electron chi connectivity index (χ4n) is 2.79. The number of amides is 1. The lowest BCUT2D eigenvalue weighted by Crippen LogP contribution is -2.41. The van der Waals surface area contributed by atoms with Crippen LogP contribution >= 0.6 is 0 Å². The van der Waals surface area contributed by atoms with Crippen molar-refractivity contribution in [3.05, 3.63) is 18.2 Å². The Labute approximate surface area is 114 Å². The number of rotatable bonds is 3. The molecule has 0 aromatic carbocycles. The summed E-state index contributed by atoms with van der Waals surface area (Å²) < 4.78 is 1.95. The summed E-state index contributed by atoms with van der Waals surface area (Å²) in [5.74, 6) is 1.70. The fraction of sp³-hybridized carbons (Fsp3) is 0.714. The number of hydrogen-bond acceptors (Lipinski definition) is 3. The largest absolute Gasteiger partial charge is 0.338 e. The van der Waals surface area contributed by atoms with Crippen molar-refractivity contribution in [2.24, 2.45) is 24.6 Å². The molecule has 0 aliphatic heterocycles. The van der Waals surface area contributed by atoms with Crippen LogP contribution in [0.4, 0.5) is 0 Å². The molecule has 1 aromatic heterocycles. The lowest BCUT2D eigenvalue weighted by atomic mass is 9.79. The topological polar surface area (TPSA) is 64.2 Å². The van der Waals surface area contributed by atoms with Crippen molar-refractivity contribution >= 4 is 5.91 Å². The minimum absolute atomic E-state index is 0.125. The van der Waals surface area contributed by atoms with Gasteiger partial charge in [0, 0.05) is 38.4 Å². The molecule has 1 fully saturated rings. The first-order chi connectivity index (χ1) is 8.99. The summed E-state index contributed by atoms with van der Waals surface area (Å²) in [5.41, 5.74) is 6.01. The zero-order chi connectivity index (χ0) is 14.0. The molecule has 5 nitrogen and oxygen atoms in total. The fourth-order valence-corrected chi connectivity index (χ4v) is 2.79. The number of nitrogens with two attached hydrogens (primary N) is 1. The van der Waals surface area contributed by atoms with Gasteiger partial charge in [0.15, 0.2) is 0 Å². The second-order valence-electron chi connectivity index (χ2n) is 5.80. The molecule has 2 rings (SSSR count). The van der Waals surface area contributed by atoms with Crippen LogP contribution in [0.25, 0.3) is 0 Å². The van der Waals surface area contributed by atoms with Gasteiger partial charge < -0.3 is 15.2 Å². The van der Waals surface area contributed by atoms with Gasteiger partial charge in [-0.2, -0.15) is 0 Å². The Kier molecular flexibility index (Phi) is 4.24. The molecule has 5 heteroatoms. The van der Waals surface area contributed by atoms with E-state index in [1.54, 1.807) is 11.1 Å². The molecule has 1 saturated carbocycles. The summed E-state index contributed by atoms with van der Waals surface area (Å²) in [6, 6.07) is 0.254. The lowest BCUT2D eigenvalue weighted by molar-refractivity contribution is -0.136. The maximum Gasteiger partial charge on any atom is 0.225 e. The summed E-state index contributed by atoms with van der Waals surface area (Å²) in [6.07, 6.45) is 6.43. The molecule has 2 N–H and O–H groups in total. The van der Waals surface area contributed by atoms with Crippen LogP contribution in [0.1, 0.15) is 32.0 Å². The molecule has 3 unspecified atom stereocenters. The van der Waals surface area contributed by atoms with Gasteiger partial charge in [0.2, 0.25) is 5.91 Å². The molecule has 106 valence electrons. The van der Waals surface area contributed by atoms with Gasteiger partial charge in [-0.1, -0.05) is 6.92 Å². The van der Waals surface area contributed by atoms with Crippen molar-refractivity contribution in [2.45, 2.75) is 38.8 Å². The summed E-state index contributed by atoms with van der Waals surface area (Å²) in [5, 5.41) is 0. The van der Waals surface area contributed by atoms with Gasteiger partial charge in [0.1, 0.15) is 5.82 Å². The Morgan fingerprint density at radius 1 is 1.58 bits per heavy atom. The molecule has 1 aliphatic rings. The maximum absolute atomic E-state index is 12.4. The van der Waals surface area contributed by atoms with Crippen LogP contribution in [0.15, 0.2) is 12.4 Å². The zero-order valence-electron chi connectivity index (χ0n) is 12.0. The molecule has 1 heterocycles. The third-order valence-corrected chi connectivity index (χ3v) is 4.26. The van der Waals surface area contributed by atoms with Crippen molar-refractivity contribution in [1.29, 1.82) is 0 Å². The molecule has 1 aromatic rings. The SMILES string of the molecule is CC1CC(C(=O)N(C)Cc2nccn2C)CCC1N. The van der Waals surface area contributed by atoms with Gasteiger partial charge in [-0.25, -0.2) is 4.98 Å². The Balaban J connectivity index is 1.94. The molecule has 0 saturated heterocycles. The van der Waals surface area contributed by atoms with Gasteiger partial charge in [0.05, 0.1) is 6.54 Å². The highest BCUT2D eigenvalue weighted by molar-refractivity contribution is 5.78. The van der Waals surface area contributed by atoms with E-state index in [1.807, 2.05) is 24.9 Å². The van der Waals surface area contributed by atoms with E-state index in [0.717, 1.165) is 25.1 Å². The third kappa shape index (κ3) is 3.15. The van der Waals surface area contributed by atoms with E-state index in [4.69, 9.17) is 5.73 Å². The number of hydrogen-bond donors (Lipinski definition) is 1. The minimum Gasteiger partial charge on any atom is -0.338 e. The van der Waals surface area contributed by atoms with E-state index >= 15 is 0 Å². The van der Waals surface area contributed by atoms with E-state index < -0.39 is 0 Å². The predicted molar refractivity (Wildman–Crippen MR) is 74.2 cm³/mol. The first-order valence-electron chi connectivity index (χ1n) is 6.95. The Morgan fingerprint density at radius 3 is 2.89 bits per heavy atom. The van der Waals surface area contributed by atoms with Gasteiger partial charge in [0.25, 0.3) is 0 Å². The summed E-state index contributed by atoms with van der Waals surface area (Å²) in [4.78, 5) is 18.5. The molecule has 19 heavy (non-hydrogen) atoms. The second-order valence-corrected chi connectivity index (χ2v) is 5.80. The smallest absolute Gasteiger partial charge is 0.225 e. The Hall–Kier alpha value is -1.36. The molecule has 0 spiro atoms. The molecule has 1 amide bonds. The monoisotopic (exact) mass is 264 g/mol. The molecule has 0 bridgehead atoms. The average Bonchev–Trinajstić information content (AvgIpc) is 2.77. The Bertz CT molecular complexity index is 442. The van der Waals surface area contributed by atoms with Crippen LogP contribution < -0.4 is 5.73 Å². The predicted octanol–water partition coefficient (Wildman–Crippen LogP) is 1.14. The van der Waals surface area contributed by atoms with Crippen molar-refractivity contribution in [1.82, 2.24) is 14.5 Å². The van der Waals surface area contributed by atoms with Gasteiger partial charge >= 0.3 is 0 Å². The lowest BCUT2D eigenvalue weighted by Gasteiger charge is -2.33. The van der Waals surface area contributed by atoms with Gasteiger partial charge in [-0.3, -0.25) is 4.79 Å². The average molecular weight is 264 g/mol. The first kappa shape index (κ1) is 14.1. The molecular weight excluding hydrogens is 240 g/mol. The summed E-state index contributed by atoms with van der Waals surface area (Å²) in [6.45, 7) is 2.71. The number of aryl methyl sites for hydroxylation is 1. The third-order valence-electron chi connectivity index (χ3n) is 4.26. The van der Waals surface area contributed by atoms with Crippen LogP contribution in [-0.2, 0) is 18.4 Å². The molecular formula is C14H24N4O. The van der Waals surface area contributed by atoms with Gasteiger partial charge in [-0.05, 0) is 25.2 Å². The normalized spacial score (nSPS) is 27.3. The number of aromatic nitrogens is 2. The van der Waals surface area contributed by atoms with E-state index in [9.17, 15) is 4.79 Å². The molecule has 0 radical (unpaired) electrons. The van der Waals surface area contributed by atoms with E-state index in [0.29, 0.717) is 12.5 Å². The van der Waals surface area contributed by atoms with E-state index in [1.165, 1.54) is 0 Å². The van der Waals surface area contributed by atoms with Crippen LogP contribution in [0.2, 0.25) is 0 Å². The maximum atomic E-state index is 12.4. The van der Waals surface area contributed by atoms with Crippen LogP contribution in [0.5, 0.6) is 0 Å². The number of carbonyl (C=O) groups is 1. The summed E-state index contributed by atoms with van der Waals surface area (Å²) in [7, 11) is 3.80. The number of nitrogens with zero attached hydrogens (tertiary/aromatic N) is 3. The number of carbonyl (C=O) groups excluding carboxylic acids is 1. The van der Waals surface area contributed by atoms with Crippen LogP contribution in [0, 0.1) is 11.8 Å². The van der Waals surface area contributed by atoms with Crippen molar-refractivity contribution in [3.8, 4) is 0 Å². The minimum atomic E-state index is 0.125. The van der Waals surface area contributed by atoms with Crippen LogP contribution in [0.3, 0.4) is 0 Å². The quantitative estimate of drug-likeness (QED) is 0.890. The van der Waals surface area contributed by atoms with E-state index in [-0.39, 0.29) is 17.9 Å². The zero-order valence-corrected chi connectivity index (χ0v) is 12.0. The molecule has 1 aliphatic carbocycles. The van der Waals surface area contributed by atoms with Crippen molar-refractivity contribution < 1.29 is 4.79 Å². The van der Waals surface area contributed by atoms with Gasteiger partial charge in [-0.15, -0.1) is 0 Å². The standard InChI is InChI=1S/C14H24N4O/c1-10-8-11(4-5-12(10)15)14(19)18(3)9-13-16-6-7-17(13)2/h6-7,10-12H,4-5,8-9,15H2,1-3H3. The van der Waals surface area contributed by atoms with Crippen molar-refractivity contribution in [2.75, 3.05) is 7.05 Å². The molecule has 3 atom stereocenters. The van der Waals surface area contributed by atoms with Crippen molar-refractivity contribution in [3.63, 3.8) is 0 Å². The highest BCUT2D eigenvalue weighted by atomic mass is 16.2. The highest BCUT2D eigenvalue weighted by Crippen LogP contribution is 2.29. The van der Waals surface area contributed by atoms with E-state index in [2.05, 4.69) is 11.9 Å². The first-order valence-corrected chi connectivity index (χ1v) is 6.95. The Morgan fingerprint density at radius 2 is 2.32 bits per heavy atom. The van der Waals surface area contributed by atoms with Crippen LogP contribution in [-0.4, -0.2) is 33.4 Å². The number of imidazole rings is 1. The highest BCUT2D eigenvalue weighted by Gasteiger charge is 2.31.